The number of carbonyl (C=O) groups is 1. The summed E-state index contributed by atoms with van der Waals surface area (Å²) < 4.78 is 5.38. The first-order valence-corrected chi connectivity index (χ1v) is 7.07. The van der Waals surface area contributed by atoms with Crippen molar-refractivity contribution in [2.75, 3.05) is 18.9 Å². The Kier molecular flexibility index (Phi) is 9.23. The van der Waals surface area contributed by atoms with Crippen molar-refractivity contribution in [1.82, 2.24) is 5.32 Å². The van der Waals surface area contributed by atoms with Gasteiger partial charge in [-0.05, 0) is 24.3 Å². The van der Waals surface area contributed by atoms with E-state index in [4.69, 9.17) is 10.5 Å². The minimum absolute atomic E-state index is 0. The first-order valence-electron chi connectivity index (χ1n) is 7.07. The van der Waals surface area contributed by atoms with Crippen molar-refractivity contribution in [3.63, 3.8) is 0 Å². The van der Waals surface area contributed by atoms with Crippen LogP contribution in [0, 0.1) is 20.2 Å². The summed E-state index contributed by atoms with van der Waals surface area (Å²) in [5.74, 6) is -0.109. The quantitative estimate of drug-likeness (QED) is 0.315. The molecule has 0 saturated heterocycles. The van der Waals surface area contributed by atoms with Gasteiger partial charge in [0, 0.05) is 17.8 Å². The van der Waals surface area contributed by atoms with Gasteiger partial charge in [0.1, 0.15) is 12.4 Å². The Hall–Kier alpha value is -3.40. The highest BCUT2D eigenvalue weighted by Gasteiger charge is 2.19. The van der Waals surface area contributed by atoms with E-state index in [0.717, 1.165) is 18.2 Å². The first-order chi connectivity index (χ1) is 11.9. The number of halogens is 1. The maximum atomic E-state index is 12.0. The van der Waals surface area contributed by atoms with Gasteiger partial charge in [-0.15, -0.1) is 12.4 Å². The molecular weight excluding hydrogens is 380 g/mol. The lowest BCUT2D eigenvalue weighted by molar-refractivity contribution is -0.394. The van der Waals surface area contributed by atoms with Crippen molar-refractivity contribution in [2.24, 2.45) is 0 Å². The Morgan fingerprint density at radius 1 is 1.04 bits per heavy atom. The number of anilines is 1. The van der Waals surface area contributed by atoms with Gasteiger partial charge < -0.3 is 15.8 Å². The number of nitrogen functional groups attached to an aromatic ring is 1. The third-order valence-electron chi connectivity index (χ3n) is 3.12. The molecule has 1 amide bonds. The van der Waals surface area contributed by atoms with E-state index >= 15 is 0 Å². The number of non-ortho nitro benzene ring substituents is 2. The predicted molar refractivity (Wildman–Crippen MR) is 102 cm³/mol. The van der Waals surface area contributed by atoms with Crippen LogP contribution in [0.4, 0.5) is 17.1 Å². The molecule has 0 unspecified atom stereocenters. The van der Waals surface area contributed by atoms with Gasteiger partial charge in [-0.25, -0.2) is 0 Å². The lowest BCUT2D eigenvalue weighted by Crippen LogP contribution is -2.28. The van der Waals surface area contributed by atoms with Crippen LogP contribution < -0.4 is 15.8 Å². The van der Waals surface area contributed by atoms with Crippen LogP contribution in [0.3, 0.4) is 0 Å². The van der Waals surface area contributed by atoms with Crippen molar-refractivity contribution in [2.45, 2.75) is 7.43 Å². The topological polar surface area (TPSA) is 151 Å². The molecule has 2 rings (SSSR count). The molecule has 3 N–H and O–H groups in total. The smallest absolute Gasteiger partial charge is 0.277 e. The van der Waals surface area contributed by atoms with Crippen molar-refractivity contribution in [3.05, 3.63) is 68.3 Å². The average Bonchev–Trinajstić information content (AvgIpc) is 2.59. The Balaban J connectivity index is 0.00000338. The molecule has 2 aromatic carbocycles. The molecule has 0 fully saturated rings. The average molecular weight is 399 g/mol. The molecule has 0 aliphatic rings. The van der Waals surface area contributed by atoms with Gasteiger partial charge in [0.25, 0.3) is 17.3 Å². The third-order valence-corrected chi connectivity index (χ3v) is 3.12. The lowest BCUT2D eigenvalue weighted by Gasteiger charge is -2.08. The number of rotatable bonds is 7. The van der Waals surface area contributed by atoms with E-state index in [-0.39, 0.29) is 38.5 Å². The van der Waals surface area contributed by atoms with Gasteiger partial charge in [0.15, 0.2) is 0 Å². The molecule has 0 aliphatic carbocycles. The number of benzene rings is 2. The zero-order valence-electron chi connectivity index (χ0n) is 13.3. The van der Waals surface area contributed by atoms with Gasteiger partial charge in [-0.2, -0.15) is 0 Å². The summed E-state index contributed by atoms with van der Waals surface area (Å²) in [7, 11) is 0. The van der Waals surface area contributed by atoms with Crippen LogP contribution in [0.5, 0.6) is 5.75 Å². The fraction of sp³-hybridized carbons (Fsp3) is 0.188. The van der Waals surface area contributed by atoms with Gasteiger partial charge in [0.2, 0.25) is 0 Å². The van der Waals surface area contributed by atoms with E-state index in [1.807, 2.05) is 0 Å². The highest BCUT2D eigenvalue weighted by molar-refractivity contribution is 5.95. The molecule has 11 heteroatoms. The van der Waals surface area contributed by atoms with Crippen molar-refractivity contribution >= 4 is 35.4 Å². The zero-order valence-corrected chi connectivity index (χ0v) is 14.1. The molecule has 2 aromatic rings. The number of nitrogens with one attached hydrogen (secondary N) is 1. The highest BCUT2D eigenvalue weighted by atomic mass is 35.5. The normalized spacial score (nSPS) is 9.33. The lowest BCUT2D eigenvalue weighted by atomic mass is 10.1. The largest absolute Gasteiger partial charge is 0.492 e. The number of nitrogens with two attached hydrogens (primary N) is 1. The molecule has 0 aromatic heterocycles. The second-order valence-corrected chi connectivity index (χ2v) is 4.93. The van der Waals surface area contributed by atoms with Crippen LogP contribution >= 0.6 is 12.4 Å². The Morgan fingerprint density at radius 2 is 1.56 bits per heavy atom. The number of hydrogen-bond acceptors (Lipinski definition) is 7. The van der Waals surface area contributed by atoms with Gasteiger partial charge in [0.05, 0.1) is 28.0 Å². The van der Waals surface area contributed by atoms with E-state index < -0.39 is 27.1 Å². The molecule has 0 aliphatic heterocycles. The molecular formula is C16H19ClN4O6. The van der Waals surface area contributed by atoms with Crippen molar-refractivity contribution < 1.29 is 19.4 Å². The fourth-order valence-corrected chi connectivity index (χ4v) is 1.94. The third kappa shape index (κ3) is 6.78. The molecule has 0 spiro atoms. The van der Waals surface area contributed by atoms with E-state index in [1.54, 1.807) is 24.3 Å². The Labute approximate surface area is 161 Å². The van der Waals surface area contributed by atoms with E-state index in [2.05, 4.69) is 5.32 Å². The summed E-state index contributed by atoms with van der Waals surface area (Å²) in [6, 6.07) is 9.40. The van der Waals surface area contributed by atoms with Gasteiger partial charge >= 0.3 is 0 Å². The maximum absolute atomic E-state index is 12.0. The monoisotopic (exact) mass is 398 g/mol. The summed E-state index contributed by atoms with van der Waals surface area (Å²) >= 11 is 0. The van der Waals surface area contributed by atoms with Crippen LogP contribution in [0.2, 0.25) is 0 Å². The summed E-state index contributed by atoms with van der Waals surface area (Å²) in [6.45, 7) is 0.256. The second kappa shape index (κ2) is 10.6. The first kappa shape index (κ1) is 23.6. The van der Waals surface area contributed by atoms with Crippen LogP contribution in [0.25, 0.3) is 0 Å². The fourth-order valence-electron chi connectivity index (χ4n) is 1.94. The molecule has 0 saturated carbocycles. The number of nitro groups is 2. The molecule has 0 atom stereocenters. The second-order valence-electron chi connectivity index (χ2n) is 4.93. The SMILES string of the molecule is C.Cl.Nc1ccc(OCCNC(=O)c2cc([N+](=O)[O-])cc([N+](=O)[O-])c2)cc1. The number of nitro benzene ring substituents is 2. The number of ether oxygens (including phenoxy) is 1. The standard InChI is InChI=1S/C15H14N4O6.CH4.ClH/c16-11-1-3-14(4-2-11)25-6-5-17-15(20)10-7-12(18(21)22)9-13(8-10)19(23)24;;/h1-4,7-9H,5-6,16H2,(H,17,20);1H4;1H. The van der Waals surface area contributed by atoms with E-state index in [9.17, 15) is 25.0 Å². The van der Waals surface area contributed by atoms with E-state index in [1.165, 1.54) is 0 Å². The van der Waals surface area contributed by atoms with Crippen molar-refractivity contribution in [3.8, 4) is 5.75 Å². The van der Waals surface area contributed by atoms with Gasteiger partial charge in [-0.3, -0.25) is 25.0 Å². The summed E-state index contributed by atoms with van der Waals surface area (Å²) in [6.07, 6.45) is 0. The molecule has 10 nitrogen and oxygen atoms in total. The predicted octanol–water partition coefficient (Wildman–Crippen LogP) is 2.95. The number of nitrogens with zero attached hydrogens (tertiary/aromatic N) is 2. The molecule has 0 radical (unpaired) electrons. The van der Waals surface area contributed by atoms with Crippen LogP contribution in [-0.4, -0.2) is 28.9 Å². The molecule has 0 bridgehead atoms. The Morgan fingerprint density at radius 3 is 2.04 bits per heavy atom. The van der Waals surface area contributed by atoms with Crippen LogP contribution in [-0.2, 0) is 0 Å². The van der Waals surface area contributed by atoms with Crippen molar-refractivity contribution in [1.29, 1.82) is 0 Å². The number of carbonyl (C=O) groups excluding carboxylic acids is 1. The maximum Gasteiger partial charge on any atom is 0.277 e. The van der Waals surface area contributed by atoms with Crippen LogP contribution in [0.1, 0.15) is 17.8 Å². The van der Waals surface area contributed by atoms with Crippen LogP contribution in [0.15, 0.2) is 42.5 Å². The zero-order chi connectivity index (χ0) is 18.4. The summed E-state index contributed by atoms with van der Waals surface area (Å²) in [4.78, 5) is 32.1. The van der Waals surface area contributed by atoms with E-state index in [0.29, 0.717) is 11.4 Å². The van der Waals surface area contributed by atoms with Gasteiger partial charge in [-0.1, -0.05) is 7.43 Å². The Bertz CT molecular complexity index is 781. The molecule has 27 heavy (non-hydrogen) atoms. The highest BCUT2D eigenvalue weighted by Crippen LogP contribution is 2.22. The number of hydrogen-bond donors (Lipinski definition) is 2. The molecule has 0 heterocycles. The number of amides is 1. The summed E-state index contributed by atoms with van der Waals surface area (Å²) in [5, 5.41) is 24.1. The molecule has 146 valence electrons. The summed E-state index contributed by atoms with van der Waals surface area (Å²) in [5.41, 5.74) is 4.90. The minimum atomic E-state index is -0.798. The minimum Gasteiger partial charge on any atom is -0.492 e.